The Bertz CT molecular complexity index is 208. The van der Waals surface area contributed by atoms with Gasteiger partial charge >= 0.3 is 5.97 Å². The quantitative estimate of drug-likeness (QED) is 0.752. The van der Waals surface area contributed by atoms with Crippen molar-refractivity contribution in [3.8, 4) is 0 Å². The topological polar surface area (TPSA) is 49.8 Å². The highest BCUT2D eigenvalue weighted by Crippen LogP contribution is 2.13. The van der Waals surface area contributed by atoms with Gasteiger partial charge in [-0.3, -0.25) is 9.69 Å². The van der Waals surface area contributed by atoms with E-state index in [1.54, 1.807) is 0 Å². The van der Waals surface area contributed by atoms with Crippen LogP contribution in [0.4, 0.5) is 0 Å². The number of morpholine rings is 1. The van der Waals surface area contributed by atoms with E-state index in [0.717, 1.165) is 32.5 Å². The van der Waals surface area contributed by atoms with Gasteiger partial charge in [0.1, 0.15) is 0 Å². The number of carboxylic acids is 1. The number of hydrogen-bond donors (Lipinski definition) is 1. The molecule has 15 heavy (non-hydrogen) atoms. The second kappa shape index (κ2) is 6.08. The molecule has 0 spiro atoms. The summed E-state index contributed by atoms with van der Waals surface area (Å²) in [7, 11) is 0. The number of ether oxygens (including phenoxy) is 1. The van der Waals surface area contributed by atoms with Crippen molar-refractivity contribution in [3.63, 3.8) is 0 Å². The first-order valence-corrected chi connectivity index (χ1v) is 5.71. The molecule has 1 aliphatic heterocycles. The van der Waals surface area contributed by atoms with Gasteiger partial charge < -0.3 is 9.84 Å². The molecule has 1 rings (SSSR count). The maximum atomic E-state index is 10.4. The van der Waals surface area contributed by atoms with Gasteiger partial charge in [-0.1, -0.05) is 6.92 Å². The minimum Gasteiger partial charge on any atom is -0.481 e. The molecule has 0 radical (unpaired) electrons. The summed E-state index contributed by atoms with van der Waals surface area (Å²) >= 11 is 0. The summed E-state index contributed by atoms with van der Waals surface area (Å²) in [6.45, 7) is 6.94. The van der Waals surface area contributed by atoms with E-state index in [4.69, 9.17) is 9.84 Å². The zero-order valence-electron chi connectivity index (χ0n) is 9.61. The molecule has 0 aromatic rings. The lowest BCUT2D eigenvalue weighted by molar-refractivity contribution is -0.137. The van der Waals surface area contributed by atoms with E-state index in [-0.39, 0.29) is 12.5 Å². The minimum atomic E-state index is -0.705. The molecule has 1 fully saturated rings. The minimum absolute atomic E-state index is 0.266. The predicted molar refractivity (Wildman–Crippen MR) is 57.9 cm³/mol. The zero-order chi connectivity index (χ0) is 11.3. The first kappa shape index (κ1) is 12.5. The number of rotatable bonds is 5. The van der Waals surface area contributed by atoms with E-state index < -0.39 is 5.97 Å². The van der Waals surface area contributed by atoms with Crippen LogP contribution in [-0.2, 0) is 9.53 Å². The predicted octanol–water partition coefficient (Wildman–Crippen LogP) is 1.35. The summed E-state index contributed by atoms with van der Waals surface area (Å²) < 4.78 is 5.74. The molecule has 0 aromatic heterocycles. The molecule has 0 aromatic carbocycles. The smallest absolute Gasteiger partial charge is 0.303 e. The van der Waals surface area contributed by atoms with Crippen molar-refractivity contribution in [2.75, 3.05) is 19.6 Å². The summed E-state index contributed by atoms with van der Waals surface area (Å²) in [5, 5.41) is 8.55. The summed E-state index contributed by atoms with van der Waals surface area (Å²) in [5.41, 5.74) is 0. The lowest BCUT2D eigenvalue weighted by Crippen LogP contribution is -2.46. The van der Waals surface area contributed by atoms with Crippen LogP contribution in [-0.4, -0.2) is 47.8 Å². The highest BCUT2D eigenvalue weighted by Gasteiger charge is 2.23. The van der Waals surface area contributed by atoms with Crippen molar-refractivity contribution in [1.29, 1.82) is 0 Å². The summed E-state index contributed by atoms with van der Waals surface area (Å²) in [6.07, 6.45) is 2.62. The number of hydrogen-bond acceptors (Lipinski definition) is 3. The van der Waals surface area contributed by atoms with E-state index >= 15 is 0 Å². The van der Waals surface area contributed by atoms with Crippen LogP contribution in [0.3, 0.4) is 0 Å². The normalized spacial score (nSPS) is 27.9. The zero-order valence-corrected chi connectivity index (χ0v) is 9.61. The maximum absolute atomic E-state index is 10.4. The fraction of sp³-hybridized carbons (Fsp3) is 0.909. The summed E-state index contributed by atoms with van der Waals surface area (Å²) in [6, 6.07) is 0. The number of nitrogens with zero attached hydrogens (tertiary/aromatic N) is 1. The molecule has 2 atom stereocenters. The molecule has 0 bridgehead atoms. The van der Waals surface area contributed by atoms with E-state index in [2.05, 4.69) is 18.7 Å². The molecule has 1 saturated heterocycles. The maximum Gasteiger partial charge on any atom is 0.303 e. The highest BCUT2D eigenvalue weighted by atomic mass is 16.5. The van der Waals surface area contributed by atoms with E-state index in [1.165, 1.54) is 0 Å². The van der Waals surface area contributed by atoms with Crippen LogP contribution in [0.15, 0.2) is 0 Å². The first-order chi connectivity index (χ1) is 7.11. The average molecular weight is 215 g/mol. The van der Waals surface area contributed by atoms with Gasteiger partial charge in [-0.25, -0.2) is 0 Å². The van der Waals surface area contributed by atoms with Crippen LogP contribution in [0.25, 0.3) is 0 Å². The van der Waals surface area contributed by atoms with E-state index in [9.17, 15) is 4.79 Å². The van der Waals surface area contributed by atoms with Gasteiger partial charge in [0.2, 0.25) is 0 Å². The van der Waals surface area contributed by atoms with Gasteiger partial charge in [-0.15, -0.1) is 0 Å². The Labute approximate surface area is 91.2 Å². The molecule has 88 valence electrons. The molecule has 1 N–H and O–H groups in total. The molecule has 1 aliphatic rings. The fourth-order valence-electron chi connectivity index (χ4n) is 2.00. The standard InChI is InChI=1S/C11H21NO3/c1-3-10-8-12(7-9(2)15-10)6-4-5-11(13)14/h9-10H,3-8H2,1-2H3,(H,13,14)/t9-,10+/m0/s1. The van der Waals surface area contributed by atoms with Crippen LogP contribution >= 0.6 is 0 Å². The molecular formula is C11H21NO3. The molecule has 4 heteroatoms. The van der Waals surface area contributed by atoms with Gasteiger partial charge in [0.15, 0.2) is 0 Å². The van der Waals surface area contributed by atoms with Crippen molar-refractivity contribution >= 4 is 5.97 Å². The summed E-state index contributed by atoms with van der Waals surface area (Å²) in [5.74, 6) is -0.705. The van der Waals surface area contributed by atoms with Crippen molar-refractivity contribution in [1.82, 2.24) is 4.90 Å². The number of carboxylic acid groups (broad SMARTS) is 1. The Balaban J connectivity index is 2.25. The molecule has 0 saturated carbocycles. The van der Waals surface area contributed by atoms with Crippen molar-refractivity contribution in [2.45, 2.75) is 45.3 Å². The van der Waals surface area contributed by atoms with Crippen molar-refractivity contribution in [3.05, 3.63) is 0 Å². The van der Waals surface area contributed by atoms with E-state index in [0.29, 0.717) is 6.10 Å². The van der Waals surface area contributed by atoms with Crippen LogP contribution in [0.2, 0.25) is 0 Å². The Morgan fingerprint density at radius 1 is 1.53 bits per heavy atom. The largest absolute Gasteiger partial charge is 0.481 e. The van der Waals surface area contributed by atoms with Crippen LogP contribution in [0.5, 0.6) is 0 Å². The lowest BCUT2D eigenvalue weighted by Gasteiger charge is -2.36. The Kier molecular flexibility index (Phi) is 5.05. The average Bonchev–Trinajstić information content (AvgIpc) is 2.16. The summed E-state index contributed by atoms with van der Waals surface area (Å²) in [4.78, 5) is 12.7. The molecular weight excluding hydrogens is 194 g/mol. The van der Waals surface area contributed by atoms with Crippen molar-refractivity contribution in [2.24, 2.45) is 0 Å². The fourth-order valence-corrected chi connectivity index (χ4v) is 2.00. The van der Waals surface area contributed by atoms with Crippen LogP contribution in [0, 0.1) is 0 Å². The first-order valence-electron chi connectivity index (χ1n) is 5.71. The van der Waals surface area contributed by atoms with Gasteiger partial charge in [-0.2, -0.15) is 0 Å². The van der Waals surface area contributed by atoms with Gasteiger partial charge in [0.25, 0.3) is 0 Å². The number of carbonyl (C=O) groups is 1. The Hall–Kier alpha value is -0.610. The monoisotopic (exact) mass is 215 g/mol. The molecule has 4 nitrogen and oxygen atoms in total. The van der Waals surface area contributed by atoms with Crippen molar-refractivity contribution < 1.29 is 14.6 Å². The second-order valence-electron chi connectivity index (χ2n) is 4.23. The molecule has 0 amide bonds. The van der Waals surface area contributed by atoms with Gasteiger partial charge in [0, 0.05) is 19.5 Å². The third-order valence-corrected chi connectivity index (χ3v) is 2.72. The van der Waals surface area contributed by atoms with Gasteiger partial charge in [-0.05, 0) is 26.3 Å². The third-order valence-electron chi connectivity index (χ3n) is 2.72. The number of aliphatic carboxylic acids is 1. The SMILES string of the molecule is CC[C@@H]1CN(CCCC(=O)O)C[C@H](C)O1. The van der Waals surface area contributed by atoms with Gasteiger partial charge in [0.05, 0.1) is 12.2 Å². The Morgan fingerprint density at radius 2 is 2.27 bits per heavy atom. The highest BCUT2D eigenvalue weighted by molar-refractivity contribution is 5.66. The molecule has 0 unspecified atom stereocenters. The Morgan fingerprint density at radius 3 is 2.87 bits per heavy atom. The third kappa shape index (κ3) is 4.62. The molecule has 1 heterocycles. The second-order valence-corrected chi connectivity index (χ2v) is 4.23. The lowest BCUT2D eigenvalue weighted by atomic mass is 10.1. The molecule has 0 aliphatic carbocycles. The van der Waals surface area contributed by atoms with Crippen LogP contribution in [0.1, 0.15) is 33.1 Å². The van der Waals surface area contributed by atoms with E-state index in [1.807, 2.05) is 0 Å². The van der Waals surface area contributed by atoms with Crippen LogP contribution < -0.4 is 0 Å².